The highest BCUT2D eigenvalue weighted by molar-refractivity contribution is 7.15. The van der Waals surface area contributed by atoms with Gasteiger partial charge in [-0.05, 0) is 36.3 Å². The summed E-state index contributed by atoms with van der Waals surface area (Å²) in [4.78, 5) is 6.32. The Kier molecular flexibility index (Phi) is 3.19. The van der Waals surface area contributed by atoms with E-state index in [1.165, 1.54) is 28.1 Å². The van der Waals surface area contributed by atoms with Crippen molar-refractivity contribution in [1.29, 1.82) is 0 Å². The topological polar surface area (TPSA) is 38.9 Å². The Morgan fingerprint density at radius 3 is 3.00 bits per heavy atom. The van der Waals surface area contributed by atoms with E-state index in [9.17, 15) is 0 Å². The van der Waals surface area contributed by atoms with Gasteiger partial charge in [-0.1, -0.05) is 32.0 Å². The van der Waals surface area contributed by atoms with Gasteiger partial charge in [0.15, 0.2) is 0 Å². The molecule has 1 aliphatic rings. The van der Waals surface area contributed by atoms with E-state index in [0.29, 0.717) is 12.0 Å². The molecule has 2 N–H and O–H groups in total. The first-order valence-corrected chi connectivity index (χ1v) is 7.67. The van der Waals surface area contributed by atoms with Crippen LogP contribution < -0.4 is 5.73 Å². The quantitative estimate of drug-likeness (QED) is 0.903. The molecule has 2 nitrogen and oxygen atoms in total. The normalized spacial score (nSPS) is 17.2. The minimum Gasteiger partial charge on any atom is -0.326 e. The van der Waals surface area contributed by atoms with Gasteiger partial charge >= 0.3 is 0 Å². The number of thiazole rings is 1. The number of hydrogen-bond donors (Lipinski definition) is 1. The summed E-state index contributed by atoms with van der Waals surface area (Å²) in [5.74, 6) is 0. The van der Waals surface area contributed by atoms with Crippen molar-refractivity contribution in [2.24, 2.45) is 11.1 Å². The molecule has 0 fully saturated rings. The molecule has 2 aromatic rings. The summed E-state index contributed by atoms with van der Waals surface area (Å²) < 4.78 is 0. The Morgan fingerprint density at radius 1 is 1.37 bits per heavy atom. The maximum absolute atomic E-state index is 5.71. The molecular formula is C16H20N2S. The van der Waals surface area contributed by atoms with E-state index >= 15 is 0 Å². The van der Waals surface area contributed by atoms with E-state index in [1.807, 2.05) is 11.3 Å². The van der Waals surface area contributed by atoms with Gasteiger partial charge in [0, 0.05) is 17.0 Å². The fourth-order valence-electron chi connectivity index (χ4n) is 2.65. The van der Waals surface area contributed by atoms with Gasteiger partial charge in [0.05, 0.1) is 5.69 Å². The lowest BCUT2D eigenvalue weighted by molar-refractivity contribution is 0.316. The van der Waals surface area contributed by atoms with Crippen molar-refractivity contribution >= 4 is 11.3 Å². The summed E-state index contributed by atoms with van der Waals surface area (Å²) in [6, 6.07) is 8.44. The van der Waals surface area contributed by atoms with E-state index in [0.717, 1.165) is 17.8 Å². The van der Waals surface area contributed by atoms with Crippen molar-refractivity contribution in [2.45, 2.75) is 39.7 Å². The number of aromatic nitrogens is 1. The molecule has 19 heavy (non-hydrogen) atoms. The van der Waals surface area contributed by atoms with Crippen LogP contribution in [0.3, 0.4) is 0 Å². The number of nitrogens with zero attached hydrogens (tertiary/aromatic N) is 1. The van der Waals surface area contributed by atoms with Gasteiger partial charge in [0.2, 0.25) is 0 Å². The fraction of sp³-hybridized carbons (Fsp3) is 0.438. The molecular weight excluding hydrogens is 252 g/mol. The van der Waals surface area contributed by atoms with E-state index < -0.39 is 0 Å². The summed E-state index contributed by atoms with van der Waals surface area (Å²) in [6.07, 6.45) is 3.53. The summed E-state index contributed by atoms with van der Waals surface area (Å²) >= 11 is 1.86. The molecule has 1 aromatic carbocycles. The maximum atomic E-state index is 5.71. The van der Waals surface area contributed by atoms with Crippen molar-refractivity contribution < 1.29 is 0 Å². The second kappa shape index (κ2) is 4.73. The molecule has 0 unspecified atom stereocenters. The van der Waals surface area contributed by atoms with E-state index in [-0.39, 0.29) is 0 Å². The van der Waals surface area contributed by atoms with Crippen LogP contribution in [0.25, 0.3) is 10.6 Å². The first-order chi connectivity index (χ1) is 9.07. The van der Waals surface area contributed by atoms with Crippen LogP contribution in [0.4, 0.5) is 0 Å². The van der Waals surface area contributed by atoms with E-state index in [2.05, 4.69) is 38.1 Å². The minimum atomic E-state index is 0.426. The first-order valence-electron chi connectivity index (χ1n) is 6.85. The van der Waals surface area contributed by atoms with Crippen LogP contribution >= 0.6 is 11.3 Å². The number of hydrogen-bond acceptors (Lipinski definition) is 3. The van der Waals surface area contributed by atoms with Crippen LogP contribution in [-0.2, 0) is 19.4 Å². The smallest absolute Gasteiger partial charge is 0.123 e. The predicted octanol–water partition coefficient (Wildman–Crippen LogP) is 3.78. The molecule has 100 valence electrons. The van der Waals surface area contributed by atoms with Crippen molar-refractivity contribution in [1.82, 2.24) is 4.98 Å². The monoisotopic (exact) mass is 272 g/mol. The van der Waals surface area contributed by atoms with Crippen LogP contribution in [0.1, 0.15) is 36.4 Å². The van der Waals surface area contributed by atoms with Crippen LogP contribution in [-0.4, -0.2) is 4.98 Å². The predicted molar refractivity (Wildman–Crippen MR) is 81.2 cm³/mol. The SMILES string of the molecule is CC1(C)CCc2nc(-c3cccc(CN)c3)sc2C1. The van der Waals surface area contributed by atoms with Crippen molar-refractivity contribution in [2.75, 3.05) is 0 Å². The third-order valence-electron chi connectivity index (χ3n) is 3.87. The Balaban J connectivity index is 1.97. The molecule has 1 aliphatic carbocycles. The molecule has 0 aliphatic heterocycles. The number of rotatable bonds is 2. The molecule has 0 saturated carbocycles. The zero-order valence-corrected chi connectivity index (χ0v) is 12.4. The van der Waals surface area contributed by atoms with Crippen molar-refractivity contribution in [3.8, 4) is 10.6 Å². The van der Waals surface area contributed by atoms with Gasteiger partial charge < -0.3 is 5.73 Å². The van der Waals surface area contributed by atoms with Gasteiger partial charge in [0.1, 0.15) is 5.01 Å². The summed E-state index contributed by atoms with van der Waals surface area (Å²) in [5, 5.41) is 1.15. The highest BCUT2D eigenvalue weighted by Gasteiger charge is 2.28. The van der Waals surface area contributed by atoms with E-state index in [1.54, 1.807) is 0 Å². The molecule has 0 spiro atoms. The number of aryl methyl sites for hydroxylation is 1. The zero-order chi connectivity index (χ0) is 13.5. The molecule has 3 rings (SSSR count). The third-order valence-corrected chi connectivity index (χ3v) is 5.01. The molecule has 1 heterocycles. The molecule has 0 bridgehead atoms. The average molecular weight is 272 g/mol. The molecule has 0 radical (unpaired) electrons. The van der Waals surface area contributed by atoms with Gasteiger partial charge in [-0.25, -0.2) is 4.98 Å². The third kappa shape index (κ3) is 2.58. The second-order valence-electron chi connectivity index (χ2n) is 6.13. The van der Waals surface area contributed by atoms with Gasteiger partial charge in [0.25, 0.3) is 0 Å². The fourth-order valence-corrected chi connectivity index (χ4v) is 4.01. The van der Waals surface area contributed by atoms with Gasteiger partial charge in [-0.2, -0.15) is 0 Å². The number of fused-ring (bicyclic) bond motifs is 1. The Bertz CT molecular complexity index is 599. The first kappa shape index (κ1) is 12.8. The molecule has 0 saturated heterocycles. The molecule has 0 amide bonds. The standard InChI is InChI=1S/C16H20N2S/c1-16(2)7-6-13-14(9-16)19-15(18-13)12-5-3-4-11(8-12)10-17/h3-5,8H,6-7,9-10,17H2,1-2H3. The van der Waals surface area contributed by atoms with Crippen molar-refractivity contribution in [3.05, 3.63) is 40.4 Å². The van der Waals surface area contributed by atoms with Crippen LogP contribution in [0.5, 0.6) is 0 Å². The Labute approximate surface area is 118 Å². The number of nitrogens with two attached hydrogens (primary N) is 1. The highest BCUT2D eigenvalue weighted by atomic mass is 32.1. The minimum absolute atomic E-state index is 0.426. The lowest BCUT2D eigenvalue weighted by Gasteiger charge is -2.28. The summed E-state index contributed by atoms with van der Waals surface area (Å²) in [5.41, 5.74) is 9.84. The maximum Gasteiger partial charge on any atom is 0.123 e. The number of benzene rings is 1. The van der Waals surface area contributed by atoms with Crippen LogP contribution in [0.15, 0.2) is 24.3 Å². The lowest BCUT2D eigenvalue weighted by atomic mass is 9.79. The van der Waals surface area contributed by atoms with Crippen molar-refractivity contribution in [3.63, 3.8) is 0 Å². The summed E-state index contributed by atoms with van der Waals surface area (Å²) in [6.45, 7) is 5.29. The highest BCUT2D eigenvalue weighted by Crippen LogP contribution is 2.39. The molecule has 3 heteroatoms. The largest absolute Gasteiger partial charge is 0.326 e. The Morgan fingerprint density at radius 2 is 2.21 bits per heavy atom. The van der Waals surface area contributed by atoms with E-state index in [4.69, 9.17) is 10.7 Å². The second-order valence-corrected chi connectivity index (χ2v) is 7.22. The lowest BCUT2D eigenvalue weighted by Crippen LogP contribution is -2.20. The molecule has 0 atom stereocenters. The van der Waals surface area contributed by atoms with Crippen LogP contribution in [0, 0.1) is 5.41 Å². The molecule has 1 aromatic heterocycles. The zero-order valence-electron chi connectivity index (χ0n) is 11.6. The van der Waals surface area contributed by atoms with Crippen LogP contribution in [0.2, 0.25) is 0 Å². The average Bonchev–Trinajstić information content (AvgIpc) is 2.80. The summed E-state index contributed by atoms with van der Waals surface area (Å²) in [7, 11) is 0. The Hall–Kier alpha value is -1.19. The van der Waals surface area contributed by atoms with Gasteiger partial charge in [-0.15, -0.1) is 11.3 Å². The van der Waals surface area contributed by atoms with Gasteiger partial charge in [-0.3, -0.25) is 0 Å².